The number of carboxylic acid groups (broad SMARTS) is 1. The van der Waals surface area contributed by atoms with E-state index >= 15 is 0 Å². The summed E-state index contributed by atoms with van der Waals surface area (Å²) in [5.74, 6) is -1.30. The van der Waals surface area contributed by atoms with Crippen LogP contribution in [0.5, 0.6) is 0 Å². The van der Waals surface area contributed by atoms with Gasteiger partial charge in [-0.1, -0.05) is 0 Å². The van der Waals surface area contributed by atoms with Crippen LogP contribution >= 0.6 is 0 Å². The summed E-state index contributed by atoms with van der Waals surface area (Å²) in [5.41, 5.74) is -1.10. The molecular formula is C10H15N3O4S. The first-order valence-corrected chi connectivity index (χ1v) is 6.59. The van der Waals surface area contributed by atoms with Gasteiger partial charge in [0.1, 0.15) is 0 Å². The number of rotatable bonds is 4. The smallest absolute Gasteiger partial charge is 0.356 e. The molecule has 8 heteroatoms. The highest BCUT2D eigenvalue weighted by Crippen LogP contribution is 2.14. The first-order valence-electron chi connectivity index (χ1n) is 5.11. The van der Waals surface area contributed by atoms with Gasteiger partial charge in [-0.3, -0.25) is 4.72 Å². The molecule has 0 atom stereocenters. The molecule has 1 rings (SSSR count). The Labute approximate surface area is 105 Å². The Morgan fingerprint density at radius 3 is 2.50 bits per heavy atom. The van der Waals surface area contributed by atoms with Crippen LogP contribution in [0.4, 0.5) is 5.69 Å². The average molecular weight is 273 g/mol. The summed E-state index contributed by atoms with van der Waals surface area (Å²) in [4.78, 5) is 14.5. The molecule has 0 aliphatic rings. The maximum Gasteiger partial charge on any atom is 0.356 e. The molecule has 100 valence electrons. The Morgan fingerprint density at radius 1 is 1.39 bits per heavy atom. The third-order valence-corrected chi connectivity index (χ3v) is 3.06. The highest BCUT2D eigenvalue weighted by molar-refractivity contribution is 7.90. The van der Waals surface area contributed by atoms with Crippen LogP contribution in [0.3, 0.4) is 0 Å². The summed E-state index contributed by atoms with van der Waals surface area (Å²) in [7, 11) is -3.85. The van der Waals surface area contributed by atoms with Gasteiger partial charge in [0.25, 0.3) is 10.2 Å². The van der Waals surface area contributed by atoms with Gasteiger partial charge in [0.15, 0.2) is 5.69 Å². The lowest BCUT2D eigenvalue weighted by atomic mass is 10.1. The molecule has 0 spiro atoms. The van der Waals surface area contributed by atoms with Crippen LogP contribution < -0.4 is 9.44 Å². The summed E-state index contributed by atoms with van der Waals surface area (Å²) < 4.78 is 28.0. The van der Waals surface area contributed by atoms with Crippen LogP contribution in [0.15, 0.2) is 18.3 Å². The van der Waals surface area contributed by atoms with E-state index in [-0.39, 0.29) is 11.4 Å². The van der Waals surface area contributed by atoms with Gasteiger partial charge in [-0.05, 0) is 32.9 Å². The number of pyridine rings is 1. The first-order chi connectivity index (χ1) is 8.11. The molecule has 1 aromatic rings. The van der Waals surface area contributed by atoms with E-state index in [2.05, 4.69) is 14.4 Å². The minimum absolute atomic E-state index is 0.0817. The van der Waals surface area contributed by atoms with Gasteiger partial charge in [0, 0.05) is 11.7 Å². The second kappa shape index (κ2) is 4.91. The average Bonchev–Trinajstić information content (AvgIpc) is 2.13. The molecule has 0 amide bonds. The van der Waals surface area contributed by atoms with Crippen molar-refractivity contribution in [2.45, 2.75) is 26.3 Å². The SMILES string of the molecule is CC(C)(C)NS(=O)(=O)Nc1cccnc1C(=O)O. The van der Waals surface area contributed by atoms with E-state index in [1.165, 1.54) is 18.3 Å². The number of anilines is 1. The Kier molecular flexibility index (Phi) is 3.92. The van der Waals surface area contributed by atoms with Crippen molar-refractivity contribution in [2.75, 3.05) is 4.72 Å². The van der Waals surface area contributed by atoms with E-state index in [0.29, 0.717) is 0 Å². The van der Waals surface area contributed by atoms with E-state index in [4.69, 9.17) is 5.11 Å². The van der Waals surface area contributed by atoms with Crippen molar-refractivity contribution in [3.05, 3.63) is 24.0 Å². The fourth-order valence-electron chi connectivity index (χ4n) is 1.23. The maximum absolute atomic E-state index is 11.7. The maximum atomic E-state index is 11.7. The molecule has 0 unspecified atom stereocenters. The van der Waals surface area contributed by atoms with Crippen LogP contribution in [0.25, 0.3) is 0 Å². The molecule has 1 aromatic heterocycles. The summed E-state index contributed by atoms with van der Waals surface area (Å²) in [6.45, 7) is 5.02. The van der Waals surface area contributed by atoms with Crippen molar-refractivity contribution in [1.82, 2.24) is 9.71 Å². The molecule has 0 aromatic carbocycles. The fourth-order valence-corrected chi connectivity index (χ4v) is 2.54. The van der Waals surface area contributed by atoms with E-state index in [1.54, 1.807) is 20.8 Å². The second-order valence-corrected chi connectivity index (χ2v) is 6.08. The van der Waals surface area contributed by atoms with Crippen LogP contribution in [0.2, 0.25) is 0 Å². The van der Waals surface area contributed by atoms with Crippen LogP contribution in [-0.4, -0.2) is 30.0 Å². The predicted octanol–water partition coefficient (Wildman–Crippen LogP) is 0.825. The zero-order valence-corrected chi connectivity index (χ0v) is 11.1. The van der Waals surface area contributed by atoms with Gasteiger partial charge in [0.2, 0.25) is 0 Å². The van der Waals surface area contributed by atoms with Gasteiger partial charge in [-0.2, -0.15) is 13.1 Å². The lowest BCUT2D eigenvalue weighted by molar-refractivity contribution is 0.0692. The number of hydrogen-bond acceptors (Lipinski definition) is 4. The summed E-state index contributed by atoms with van der Waals surface area (Å²) in [6.07, 6.45) is 1.28. The molecule has 0 aliphatic carbocycles. The van der Waals surface area contributed by atoms with Crippen molar-refractivity contribution < 1.29 is 18.3 Å². The first kappa shape index (κ1) is 14.4. The summed E-state index contributed by atoms with van der Waals surface area (Å²) in [5, 5.41) is 8.88. The minimum atomic E-state index is -3.85. The Bertz CT molecular complexity index is 548. The predicted molar refractivity (Wildman–Crippen MR) is 66.6 cm³/mol. The zero-order chi connectivity index (χ0) is 14.0. The number of aromatic nitrogens is 1. The van der Waals surface area contributed by atoms with Gasteiger partial charge in [0.05, 0.1) is 5.69 Å². The Morgan fingerprint density at radius 2 is 2.00 bits per heavy atom. The highest BCUT2D eigenvalue weighted by Gasteiger charge is 2.22. The number of nitrogens with zero attached hydrogens (tertiary/aromatic N) is 1. The molecule has 1 heterocycles. The fraction of sp³-hybridized carbons (Fsp3) is 0.400. The monoisotopic (exact) mass is 273 g/mol. The molecule has 0 saturated carbocycles. The van der Waals surface area contributed by atoms with Gasteiger partial charge in [-0.25, -0.2) is 9.78 Å². The lowest BCUT2D eigenvalue weighted by Gasteiger charge is -2.21. The van der Waals surface area contributed by atoms with Crippen LogP contribution in [-0.2, 0) is 10.2 Å². The van der Waals surface area contributed by atoms with E-state index in [9.17, 15) is 13.2 Å². The molecule has 0 saturated heterocycles. The van der Waals surface area contributed by atoms with E-state index < -0.39 is 21.7 Å². The highest BCUT2D eigenvalue weighted by atomic mass is 32.2. The van der Waals surface area contributed by atoms with Crippen molar-refractivity contribution in [3.8, 4) is 0 Å². The third-order valence-electron chi connectivity index (χ3n) is 1.70. The Hall–Kier alpha value is -1.67. The summed E-state index contributed by atoms with van der Waals surface area (Å²) in [6, 6.07) is 2.78. The number of hydrogen-bond donors (Lipinski definition) is 3. The molecule has 0 radical (unpaired) electrons. The second-order valence-electron chi connectivity index (χ2n) is 4.66. The molecule has 18 heavy (non-hydrogen) atoms. The number of aromatic carboxylic acids is 1. The minimum Gasteiger partial charge on any atom is -0.476 e. The van der Waals surface area contributed by atoms with Crippen molar-refractivity contribution >= 4 is 21.9 Å². The van der Waals surface area contributed by atoms with Gasteiger partial charge < -0.3 is 5.11 Å². The largest absolute Gasteiger partial charge is 0.476 e. The zero-order valence-electron chi connectivity index (χ0n) is 10.3. The quantitative estimate of drug-likeness (QED) is 0.752. The molecule has 0 fully saturated rings. The topological polar surface area (TPSA) is 108 Å². The van der Waals surface area contributed by atoms with Crippen molar-refractivity contribution in [2.24, 2.45) is 0 Å². The van der Waals surface area contributed by atoms with Crippen LogP contribution in [0.1, 0.15) is 31.3 Å². The number of carboxylic acids is 1. The standard InChI is InChI=1S/C10H15N3O4S/c1-10(2,3)13-18(16,17)12-7-5-4-6-11-8(7)9(14)15/h4-6,12-13H,1-3H3,(H,14,15). The number of nitrogens with one attached hydrogen (secondary N) is 2. The number of carbonyl (C=O) groups is 1. The van der Waals surface area contributed by atoms with E-state index in [0.717, 1.165) is 0 Å². The molecule has 0 aliphatic heterocycles. The molecular weight excluding hydrogens is 258 g/mol. The normalized spacial score (nSPS) is 12.2. The van der Waals surface area contributed by atoms with Gasteiger partial charge in [-0.15, -0.1) is 0 Å². The third kappa shape index (κ3) is 4.30. The summed E-state index contributed by atoms with van der Waals surface area (Å²) >= 11 is 0. The lowest BCUT2D eigenvalue weighted by Crippen LogP contribution is -2.43. The van der Waals surface area contributed by atoms with Gasteiger partial charge >= 0.3 is 5.97 Å². The molecule has 7 nitrogen and oxygen atoms in total. The molecule has 3 N–H and O–H groups in total. The van der Waals surface area contributed by atoms with Crippen LogP contribution in [0, 0.1) is 0 Å². The molecule has 0 bridgehead atoms. The van der Waals surface area contributed by atoms with Crippen molar-refractivity contribution in [3.63, 3.8) is 0 Å². The van der Waals surface area contributed by atoms with Crippen molar-refractivity contribution in [1.29, 1.82) is 0 Å². The Balaban J connectivity index is 3.02. The van der Waals surface area contributed by atoms with E-state index in [1.807, 2.05) is 0 Å².